The Hall–Kier alpha value is -2.57. The minimum atomic E-state index is -0.00870. The summed E-state index contributed by atoms with van der Waals surface area (Å²) in [5.74, 6) is 0.860. The number of nitrogens with zero attached hydrogens (tertiary/aromatic N) is 1. The van der Waals surface area contributed by atoms with Crippen molar-refractivity contribution in [1.82, 2.24) is 16.0 Å². The predicted molar refractivity (Wildman–Crippen MR) is 139 cm³/mol. The monoisotopic (exact) mass is 464 g/mol. The van der Waals surface area contributed by atoms with Crippen LogP contribution in [-0.2, 0) is 6.61 Å². The normalized spacial score (nSPS) is 20.4. The van der Waals surface area contributed by atoms with Crippen LogP contribution >= 0.6 is 0 Å². The molecular weight excluding hydrogens is 424 g/mol. The highest BCUT2D eigenvalue weighted by Gasteiger charge is 2.38. The average Bonchev–Trinajstić information content (AvgIpc) is 3.06. The molecule has 2 heterocycles. The Morgan fingerprint density at radius 2 is 1.76 bits per heavy atom. The molecule has 6 heteroatoms. The fraction of sp³-hybridized carbons (Fsp3) is 0.536. The van der Waals surface area contributed by atoms with Crippen molar-refractivity contribution in [2.24, 2.45) is 0 Å². The summed E-state index contributed by atoms with van der Waals surface area (Å²) in [4.78, 5) is 15.3. The van der Waals surface area contributed by atoms with Crippen molar-refractivity contribution >= 4 is 11.6 Å². The fourth-order valence-corrected chi connectivity index (χ4v) is 5.49. The number of benzene rings is 2. The predicted octanol–water partition coefficient (Wildman–Crippen LogP) is 4.10. The number of amides is 1. The Balaban J connectivity index is 1.32. The number of piperidine rings is 1. The zero-order valence-corrected chi connectivity index (χ0v) is 21.1. The van der Waals surface area contributed by atoms with E-state index in [4.69, 9.17) is 4.74 Å². The highest BCUT2D eigenvalue weighted by Crippen LogP contribution is 2.29. The van der Waals surface area contributed by atoms with E-state index in [-0.39, 0.29) is 23.0 Å². The molecule has 4 rings (SSSR count). The molecule has 2 aliphatic rings. The van der Waals surface area contributed by atoms with Crippen LogP contribution in [0.3, 0.4) is 0 Å². The Morgan fingerprint density at radius 1 is 1.03 bits per heavy atom. The molecular formula is C28H40N4O2. The minimum Gasteiger partial charge on any atom is -0.489 e. The first-order valence-electron chi connectivity index (χ1n) is 12.6. The summed E-state index contributed by atoms with van der Waals surface area (Å²) in [7, 11) is 0. The first-order chi connectivity index (χ1) is 16.2. The van der Waals surface area contributed by atoms with E-state index in [0.29, 0.717) is 12.2 Å². The number of nitrogens with one attached hydrogen (secondary N) is 3. The molecule has 0 atom stereocenters. The molecule has 184 valence electrons. The molecule has 2 aliphatic heterocycles. The van der Waals surface area contributed by atoms with E-state index < -0.39 is 0 Å². The average molecular weight is 465 g/mol. The van der Waals surface area contributed by atoms with Gasteiger partial charge in [-0.1, -0.05) is 18.2 Å². The van der Waals surface area contributed by atoms with Crippen molar-refractivity contribution in [3.8, 4) is 5.75 Å². The first kappa shape index (κ1) is 24.6. The molecule has 2 saturated heterocycles. The SMILES string of the molecule is CC1(C)CC(NC(=O)c2ccc(COc3cccc(N4CCCNCC4)c3)cc2)CC(C)(C)N1. The van der Waals surface area contributed by atoms with Gasteiger partial charge in [-0.05, 0) is 83.3 Å². The standard InChI is InChI=1S/C28H40N4O2/c1-27(2)18-23(19-28(3,4)31-27)30-26(33)22-11-9-21(10-12-22)20-34-25-8-5-7-24(17-25)32-15-6-13-29-14-16-32/h5,7-12,17,23,29,31H,6,13-16,18-20H2,1-4H3,(H,30,33). The first-order valence-corrected chi connectivity index (χ1v) is 12.6. The molecule has 0 unspecified atom stereocenters. The van der Waals surface area contributed by atoms with Gasteiger partial charge >= 0.3 is 0 Å². The molecule has 6 nitrogen and oxygen atoms in total. The highest BCUT2D eigenvalue weighted by molar-refractivity contribution is 5.94. The molecule has 2 aromatic carbocycles. The Bertz CT molecular complexity index is 947. The van der Waals surface area contributed by atoms with Crippen LogP contribution < -0.4 is 25.6 Å². The topological polar surface area (TPSA) is 65.6 Å². The van der Waals surface area contributed by atoms with Crippen molar-refractivity contribution in [3.05, 3.63) is 59.7 Å². The summed E-state index contributed by atoms with van der Waals surface area (Å²) in [5, 5.41) is 10.4. The van der Waals surface area contributed by atoms with Gasteiger partial charge in [0.15, 0.2) is 0 Å². The maximum Gasteiger partial charge on any atom is 0.251 e. The van der Waals surface area contributed by atoms with Crippen LogP contribution in [0.15, 0.2) is 48.5 Å². The molecule has 0 saturated carbocycles. The van der Waals surface area contributed by atoms with E-state index >= 15 is 0 Å². The molecule has 1 amide bonds. The van der Waals surface area contributed by atoms with Crippen molar-refractivity contribution < 1.29 is 9.53 Å². The second-order valence-corrected chi connectivity index (χ2v) is 11.0. The van der Waals surface area contributed by atoms with E-state index in [1.54, 1.807) is 0 Å². The van der Waals surface area contributed by atoms with E-state index in [1.165, 1.54) is 5.69 Å². The summed E-state index contributed by atoms with van der Waals surface area (Å²) < 4.78 is 6.07. The molecule has 3 N–H and O–H groups in total. The Morgan fingerprint density at radius 3 is 2.50 bits per heavy atom. The molecule has 0 aromatic heterocycles. The highest BCUT2D eigenvalue weighted by atomic mass is 16.5. The van der Waals surface area contributed by atoms with E-state index in [2.05, 4.69) is 66.7 Å². The zero-order valence-electron chi connectivity index (χ0n) is 21.1. The Kier molecular flexibility index (Phi) is 7.48. The maximum absolute atomic E-state index is 12.9. The van der Waals surface area contributed by atoms with E-state index in [9.17, 15) is 4.79 Å². The number of anilines is 1. The van der Waals surface area contributed by atoms with Crippen LogP contribution in [0.2, 0.25) is 0 Å². The largest absolute Gasteiger partial charge is 0.489 e. The number of hydrogen-bond donors (Lipinski definition) is 3. The molecule has 2 fully saturated rings. The van der Waals surface area contributed by atoms with Gasteiger partial charge in [-0.15, -0.1) is 0 Å². The van der Waals surface area contributed by atoms with Gasteiger partial charge in [0.05, 0.1) is 0 Å². The summed E-state index contributed by atoms with van der Waals surface area (Å²) in [6.07, 6.45) is 2.99. The number of ether oxygens (including phenoxy) is 1. The third-order valence-electron chi connectivity index (χ3n) is 6.67. The van der Waals surface area contributed by atoms with Crippen molar-refractivity contribution in [2.75, 3.05) is 31.1 Å². The number of hydrogen-bond acceptors (Lipinski definition) is 5. The molecule has 0 aliphatic carbocycles. The van der Waals surface area contributed by atoms with Gasteiger partial charge in [-0.25, -0.2) is 0 Å². The van der Waals surface area contributed by atoms with Crippen LogP contribution in [0.4, 0.5) is 5.69 Å². The van der Waals surface area contributed by atoms with Gasteiger partial charge in [0, 0.05) is 54.1 Å². The smallest absolute Gasteiger partial charge is 0.251 e. The second-order valence-electron chi connectivity index (χ2n) is 11.0. The summed E-state index contributed by atoms with van der Waals surface area (Å²) >= 11 is 0. The minimum absolute atomic E-state index is 0.00229. The van der Waals surface area contributed by atoms with E-state index in [1.807, 2.05) is 30.3 Å². The molecule has 0 radical (unpaired) electrons. The van der Waals surface area contributed by atoms with Crippen molar-refractivity contribution in [2.45, 2.75) is 70.7 Å². The van der Waals surface area contributed by atoms with Gasteiger partial charge in [-0.2, -0.15) is 0 Å². The number of carbonyl (C=O) groups is 1. The molecule has 0 bridgehead atoms. The third kappa shape index (κ3) is 6.73. The second kappa shape index (κ2) is 10.4. The molecule has 2 aromatic rings. The summed E-state index contributed by atoms with van der Waals surface area (Å²) in [6.45, 7) is 13.4. The van der Waals surface area contributed by atoms with Gasteiger partial charge in [0.1, 0.15) is 12.4 Å². The van der Waals surface area contributed by atoms with Crippen LogP contribution in [0, 0.1) is 0 Å². The lowest BCUT2D eigenvalue weighted by Gasteiger charge is -2.46. The van der Waals surface area contributed by atoms with Gasteiger partial charge in [0.2, 0.25) is 0 Å². The number of rotatable bonds is 6. The van der Waals surface area contributed by atoms with Gasteiger partial charge in [0.25, 0.3) is 5.91 Å². The lowest BCUT2D eigenvalue weighted by Crippen LogP contribution is -2.62. The van der Waals surface area contributed by atoms with E-state index in [0.717, 1.165) is 56.8 Å². The third-order valence-corrected chi connectivity index (χ3v) is 6.67. The van der Waals surface area contributed by atoms with Crippen LogP contribution in [0.1, 0.15) is 62.9 Å². The zero-order chi connectivity index (χ0) is 24.2. The van der Waals surface area contributed by atoms with Gasteiger partial charge < -0.3 is 25.6 Å². The Labute approximate surface area is 204 Å². The van der Waals surface area contributed by atoms with Gasteiger partial charge in [-0.3, -0.25) is 4.79 Å². The molecule has 0 spiro atoms. The number of carbonyl (C=O) groups excluding carboxylic acids is 1. The summed E-state index contributed by atoms with van der Waals surface area (Å²) in [5.41, 5.74) is 2.95. The maximum atomic E-state index is 12.9. The fourth-order valence-electron chi connectivity index (χ4n) is 5.49. The van der Waals surface area contributed by atoms with Crippen LogP contribution in [0.25, 0.3) is 0 Å². The van der Waals surface area contributed by atoms with Crippen molar-refractivity contribution in [3.63, 3.8) is 0 Å². The van der Waals surface area contributed by atoms with Crippen molar-refractivity contribution in [1.29, 1.82) is 0 Å². The lowest BCUT2D eigenvalue weighted by molar-refractivity contribution is 0.0873. The summed E-state index contributed by atoms with van der Waals surface area (Å²) in [6, 6.07) is 16.2. The molecule has 34 heavy (non-hydrogen) atoms. The lowest BCUT2D eigenvalue weighted by atomic mass is 9.79. The quantitative estimate of drug-likeness (QED) is 0.601. The van der Waals surface area contributed by atoms with Crippen LogP contribution in [0.5, 0.6) is 5.75 Å². The van der Waals surface area contributed by atoms with Crippen LogP contribution in [-0.4, -0.2) is 49.2 Å².